The molecule has 108 valence electrons. The van der Waals surface area contributed by atoms with Crippen molar-refractivity contribution >= 4 is 17.6 Å². The van der Waals surface area contributed by atoms with Gasteiger partial charge in [-0.25, -0.2) is 4.79 Å². The highest BCUT2D eigenvalue weighted by Gasteiger charge is 2.27. The molecule has 9 heteroatoms. The Hall–Kier alpha value is -2.52. The molecule has 0 heterocycles. The number of nitro benzene ring substituents is 1. The summed E-state index contributed by atoms with van der Waals surface area (Å²) in [6.07, 6.45) is -4.58. The van der Waals surface area contributed by atoms with Gasteiger partial charge in [-0.3, -0.25) is 14.9 Å². The van der Waals surface area contributed by atoms with Crippen molar-refractivity contribution in [2.45, 2.75) is 18.6 Å². The Morgan fingerprint density at radius 3 is 2.30 bits per heavy atom. The van der Waals surface area contributed by atoms with Crippen LogP contribution in [0.3, 0.4) is 0 Å². The van der Waals surface area contributed by atoms with Crippen LogP contribution in [-0.2, 0) is 16.0 Å². The molecule has 0 amide bonds. The first-order valence-electron chi connectivity index (χ1n) is 5.32. The molecule has 1 aromatic carbocycles. The van der Waals surface area contributed by atoms with Gasteiger partial charge in [-0.2, -0.15) is 0 Å². The van der Waals surface area contributed by atoms with E-state index in [2.05, 4.69) is 0 Å². The van der Waals surface area contributed by atoms with Gasteiger partial charge in [0.25, 0.3) is 5.69 Å². The molecule has 0 spiro atoms. The quantitative estimate of drug-likeness (QED) is 0.409. The zero-order valence-corrected chi connectivity index (χ0v) is 9.96. The number of aliphatic carboxylic acids is 2. The van der Waals surface area contributed by atoms with Crippen LogP contribution in [0.1, 0.15) is 17.2 Å². The third-order valence-electron chi connectivity index (χ3n) is 2.54. The minimum Gasteiger partial charge on any atom is -0.481 e. The number of aliphatic hydroxyl groups excluding tert-OH is 2. The fourth-order valence-electron chi connectivity index (χ4n) is 1.56. The smallest absolute Gasteiger partial charge is 0.335 e. The van der Waals surface area contributed by atoms with E-state index >= 15 is 0 Å². The van der Waals surface area contributed by atoms with Crippen molar-refractivity contribution < 1.29 is 34.9 Å². The Bertz CT molecular complexity index is 555. The Morgan fingerprint density at radius 2 is 1.85 bits per heavy atom. The first-order chi connectivity index (χ1) is 9.23. The second kappa shape index (κ2) is 6.08. The average Bonchev–Trinajstić information content (AvgIpc) is 2.36. The second-order valence-electron chi connectivity index (χ2n) is 3.94. The van der Waals surface area contributed by atoms with Crippen molar-refractivity contribution in [3.8, 4) is 0 Å². The van der Waals surface area contributed by atoms with Gasteiger partial charge in [0.2, 0.25) is 0 Å². The van der Waals surface area contributed by atoms with Gasteiger partial charge in [0.05, 0.1) is 11.3 Å². The lowest BCUT2D eigenvalue weighted by atomic mass is 10.00. The maximum atomic E-state index is 10.8. The largest absolute Gasteiger partial charge is 0.481 e. The number of benzene rings is 1. The number of carboxylic acid groups (broad SMARTS) is 2. The molecule has 2 unspecified atom stereocenters. The molecule has 0 bridgehead atoms. The van der Waals surface area contributed by atoms with Crippen molar-refractivity contribution in [2.75, 3.05) is 0 Å². The summed E-state index contributed by atoms with van der Waals surface area (Å²) in [5.74, 6) is -2.96. The fraction of sp³-hybridized carbons (Fsp3) is 0.273. The molecule has 0 aromatic heterocycles. The van der Waals surface area contributed by atoms with Gasteiger partial charge >= 0.3 is 11.9 Å². The normalized spacial score (nSPS) is 13.5. The number of nitro groups is 1. The minimum atomic E-state index is -2.14. The highest BCUT2D eigenvalue weighted by atomic mass is 16.6. The molecule has 0 aliphatic heterocycles. The standard InChI is InChI=1S/C11H11NO8/c13-8(14)4-5-1-2-6(3-7(5)12(19)20)9(15)10(16)11(17)18/h1-3,9-10,15-16H,4H2,(H,13,14)(H,17,18). The number of hydrogen-bond acceptors (Lipinski definition) is 6. The molecule has 2 atom stereocenters. The van der Waals surface area contributed by atoms with E-state index in [9.17, 15) is 29.9 Å². The van der Waals surface area contributed by atoms with Gasteiger partial charge in [-0.1, -0.05) is 12.1 Å². The van der Waals surface area contributed by atoms with Crippen molar-refractivity contribution in [2.24, 2.45) is 0 Å². The zero-order chi connectivity index (χ0) is 15.4. The van der Waals surface area contributed by atoms with Crippen molar-refractivity contribution in [1.29, 1.82) is 0 Å². The lowest BCUT2D eigenvalue weighted by Gasteiger charge is -2.14. The number of carbonyl (C=O) groups is 2. The second-order valence-corrected chi connectivity index (χ2v) is 3.94. The molecule has 0 saturated heterocycles. The van der Waals surface area contributed by atoms with Crippen LogP contribution < -0.4 is 0 Å². The molecule has 0 saturated carbocycles. The van der Waals surface area contributed by atoms with Gasteiger partial charge in [0.15, 0.2) is 6.10 Å². The first-order valence-corrected chi connectivity index (χ1v) is 5.32. The summed E-state index contributed by atoms with van der Waals surface area (Å²) < 4.78 is 0. The molecule has 0 fully saturated rings. The highest BCUT2D eigenvalue weighted by molar-refractivity contribution is 5.74. The fourth-order valence-corrected chi connectivity index (χ4v) is 1.56. The number of nitrogens with zero attached hydrogens (tertiary/aromatic N) is 1. The molecule has 9 nitrogen and oxygen atoms in total. The van der Waals surface area contributed by atoms with E-state index in [1.807, 2.05) is 0 Å². The topological polar surface area (TPSA) is 158 Å². The van der Waals surface area contributed by atoms with Gasteiger partial charge in [0.1, 0.15) is 6.10 Å². The van der Waals surface area contributed by atoms with Gasteiger partial charge in [-0.15, -0.1) is 0 Å². The average molecular weight is 285 g/mol. The van der Waals surface area contributed by atoms with Crippen LogP contribution in [0.25, 0.3) is 0 Å². The Kier molecular flexibility index (Phi) is 4.73. The van der Waals surface area contributed by atoms with E-state index in [1.165, 1.54) is 0 Å². The van der Waals surface area contributed by atoms with E-state index in [0.29, 0.717) is 0 Å². The summed E-state index contributed by atoms with van der Waals surface area (Å²) in [5.41, 5.74) is -0.856. The number of hydrogen-bond donors (Lipinski definition) is 4. The maximum Gasteiger partial charge on any atom is 0.335 e. The predicted molar refractivity (Wildman–Crippen MR) is 63.0 cm³/mol. The molecule has 1 aromatic rings. The van der Waals surface area contributed by atoms with Gasteiger partial charge < -0.3 is 20.4 Å². The van der Waals surface area contributed by atoms with Crippen LogP contribution in [0.4, 0.5) is 5.69 Å². The van der Waals surface area contributed by atoms with E-state index in [1.54, 1.807) is 0 Å². The third kappa shape index (κ3) is 3.49. The Labute approximate surface area is 111 Å². The lowest BCUT2D eigenvalue weighted by Crippen LogP contribution is -2.27. The van der Waals surface area contributed by atoms with Crippen molar-refractivity contribution in [1.82, 2.24) is 0 Å². The third-order valence-corrected chi connectivity index (χ3v) is 2.54. The number of rotatable bonds is 6. The van der Waals surface area contributed by atoms with Crippen LogP contribution in [0.2, 0.25) is 0 Å². The number of carboxylic acids is 2. The minimum absolute atomic E-state index is 0.0942. The van der Waals surface area contributed by atoms with Gasteiger partial charge in [-0.05, 0) is 5.56 Å². The summed E-state index contributed by atoms with van der Waals surface area (Å²) in [6, 6.07) is 3.07. The SMILES string of the molecule is O=C(O)Cc1ccc(C(O)C(O)C(=O)O)cc1[N+](=O)[O-]. The molecular formula is C11H11NO8. The Balaban J connectivity index is 3.19. The van der Waals surface area contributed by atoms with Crippen molar-refractivity contribution in [3.63, 3.8) is 0 Å². The van der Waals surface area contributed by atoms with E-state index in [4.69, 9.17) is 10.2 Å². The van der Waals surface area contributed by atoms with Gasteiger partial charge in [0, 0.05) is 11.6 Å². The van der Waals surface area contributed by atoms with Crippen LogP contribution in [0.15, 0.2) is 18.2 Å². The van der Waals surface area contributed by atoms with Crippen LogP contribution in [-0.4, -0.2) is 43.4 Å². The molecule has 1 rings (SSSR count). The summed E-state index contributed by atoms with van der Waals surface area (Å²) in [6.45, 7) is 0. The van der Waals surface area contributed by atoms with Crippen LogP contribution in [0, 0.1) is 10.1 Å². The van der Waals surface area contributed by atoms with Crippen molar-refractivity contribution in [3.05, 3.63) is 39.4 Å². The molecule has 0 aliphatic carbocycles. The summed E-state index contributed by atoms with van der Waals surface area (Å²) in [4.78, 5) is 31.1. The van der Waals surface area contributed by atoms with E-state index < -0.39 is 41.2 Å². The molecule has 20 heavy (non-hydrogen) atoms. The molecule has 4 N–H and O–H groups in total. The first kappa shape index (κ1) is 15.5. The summed E-state index contributed by atoms with van der Waals surface area (Å²) in [7, 11) is 0. The maximum absolute atomic E-state index is 10.8. The molecule has 0 radical (unpaired) electrons. The predicted octanol–water partition coefficient (Wildman–Crippen LogP) is -0.299. The zero-order valence-electron chi connectivity index (χ0n) is 9.96. The van der Waals surface area contributed by atoms with E-state index in [0.717, 1.165) is 18.2 Å². The van der Waals surface area contributed by atoms with E-state index in [-0.39, 0.29) is 11.1 Å². The molecular weight excluding hydrogens is 274 g/mol. The summed E-state index contributed by atoms with van der Waals surface area (Å²) in [5, 5.41) is 46.7. The lowest BCUT2D eigenvalue weighted by molar-refractivity contribution is -0.385. The summed E-state index contributed by atoms with van der Waals surface area (Å²) >= 11 is 0. The Morgan fingerprint density at radius 1 is 1.25 bits per heavy atom. The highest BCUT2D eigenvalue weighted by Crippen LogP contribution is 2.26. The number of aliphatic hydroxyl groups is 2. The van der Waals surface area contributed by atoms with Crippen LogP contribution in [0.5, 0.6) is 0 Å². The molecule has 0 aliphatic rings. The van der Waals surface area contributed by atoms with Crippen LogP contribution >= 0.6 is 0 Å². The monoisotopic (exact) mass is 285 g/mol.